The van der Waals surface area contributed by atoms with Gasteiger partial charge in [0, 0.05) is 19.4 Å². The van der Waals surface area contributed by atoms with E-state index in [0.29, 0.717) is 19.4 Å². The monoisotopic (exact) mass is 754 g/mol. The number of phosphoric ester groups is 1. The van der Waals surface area contributed by atoms with Gasteiger partial charge in [-0.2, -0.15) is 0 Å². The van der Waals surface area contributed by atoms with Gasteiger partial charge in [-0.3, -0.25) is 18.6 Å². The van der Waals surface area contributed by atoms with Crippen LogP contribution in [0.5, 0.6) is 0 Å². The van der Waals surface area contributed by atoms with Gasteiger partial charge < -0.3 is 19.3 Å². The Bertz CT molecular complexity index is 1010. The number of carbonyl (C=O) groups excluding carboxylic acids is 2. The predicted molar refractivity (Wildman–Crippen MR) is 215 cm³/mol. The standard InChI is InChI=1S/C42H76NO8P/c1-5-7-9-11-13-15-17-19-20-21-22-23-25-27-29-31-33-35-42(45)51-40(39-50-52(46,47)49-37-36-43(3)4)38-48-41(44)34-32-30-28-26-24-18-16-14-12-10-8-6-2/h13,15,19-20,22-23,27,29,40H,5-12,14,16-18,21,24-26,28,30-39H2,1-4H3,(H,46,47)/b15-13-,20-19-,23-22-,29-27-. The highest BCUT2D eigenvalue weighted by Gasteiger charge is 2.26. The largest absolute Gasteiger partial charge is 0.472 e. The summed E-state index contributed by atoms with van der Waals surface area (Å²) in [5.74, 6) is -0.870. The first-order valence-corrected chi connectivity index (χ1v) is 21.9. The van der Waals surface area contributed by atoms with E-state index in [4.69, 9.17) is 18.5 Å². The first-order valence-electron chi connectivity index (χ1n) is 20.4. The Kier molecular flexibility index (Phi) is 35.8. The zero-order chi connectivity index (χ0) is 38.4. The van der Waals surface area contributed by atoms with E-state index in [1.807, 2.05) is 25.1 Å². The van der Waals surface area contributed by atoms with Crippen LogP contribution in [0.1, 0.15) is 162 Å². The second kappa shape index (κ2) is 37.3. The van der Waals surface area contributed by atoms with E-state index in [2.05, 4.69) is 56.4 Å². The molecule has 302 valence electrons. The van der Waals surface area contributed by atoms with Crippen molar-refractivity contribution in [3.05, 3.63) is 48.6 Å². The second-order valence-electron chi connectivity index (χ2n) is 13.8. The highest BCUT2D eigenvalue weighted by molar-refractivity contribution is 7.47. The molecule has 0 aromatic heterocycles. The minimum absolute atomic E-state index is 0.00323. The van der Waals surface area contributed by atoms with Crippen molar-refractivity contribution in [2.24, 2.45) is 0 Å². The van der Waals surface area contributed by atoms with Gasteiger partial charge in [0.25, 0.3) is 0 Å². The molecule has 10 heteroatoms. The summed E-state index contributed by atoms with van der Waals surface area (Å²) in [6, 6.07) is 0. The molecular formula is C42H76NO8P. The van der Waals surface area contributed by atoms with Crippen molar-refractivity contribution in [1.82, 2.24) is 4.90 Å². The van der Waals surface area contributed by atoms with E-state index in [9.17, 15) is 19.0 Å². The molecule has 2 unspecified atom stereocenters. The molecule has 0 saturated carbocycles. The minimum Gasteiger partial charge on any atom is -0.462 e. The number of ether oxygens (including phenoxy) is 2. The maximum atomic E-state index is 12.6. The molecule has 9 nitrogen and oxygen atoms in total. The number of hydrogen-bond donors (Lipinski definition) is 1. The Morgan fingerprint density at radius 2 is 1.06 bits per heavy atom. The van der Waals surface area contributed by atoms with Crippen LogP contribution in [0.25, 0.3) is 0 Å². The molecule has 1 N–H and O–H groups in total. The first kappa shape index (κ1) is 50.0. The van der Waals surface area contributed by atoms with Gasteiger partial charge in [0.1, 0.15) is 6.61 Å². The smallest absolute Gasteiger partial charge is 0.462 e. The first-order chi connectivity index (χ1) is 25.2. The molecule has 0 aliphatic carbocycles. The van der Waals surface area contributed by atoms with Crippen LogP contribution in [0.15, 0.2) is 48.6 Å². The molecule has 0 fully saturated rings. The van der Waals surface area contributed by atoms with Crippen LogP contribution in [-0.4, -0.2) is 68.3 Å². The molecular weight excluding hydrogens is 677 g/mol. The van der Waals surface area contributed by atoms with E-state index >= 15 is 0 Å². The molecule has 0 aliphatic heterocycles. The topological polar surface area (TPSA) is 112 Å². The summed E-state index contributed by atoms with van der Waals surface area (Å²) < 4.78 is 33.3. The van der Waals surface area contributed by atoms with E-state index in [-0.39, 0.29) is 32.0 Å². The van der Waals surface area contributed by atoms with Crippen molar-refractivity contribution in [3.63, 3.8) is 0 Å². The van der Waals surface area contributed by atoms with Crippen molar-refractivity contribution in [1.29, 1.82) is 0 Å². The third kappa shape index (κ3) is 37.7. The zero-order valence-corrected chi connectivity index (χ0v) is 34.4. The van der Waals surface area contributed by atoms with E-state index in [1.54, 1.807) is 0 Å². The zero-order valence-electron chi connectivity index (χ0n) is 33.5. The molecule has 52 heavy (non-hydrogen) atoms. The van der Waals surface area contributed by atoms with Gasteiger partial charge in [0.2, 0.25) is 0 Å². The highest BCUT2D eigenvalue weighted by Crippen LogP contribution is 2.43. The van der Waals surface area contributed by atoms with Crippen molar-refractivity contribution in [2.45, 2.75) is 168 Å². The molecule has 0 bridgehead atoms. The Balaban J connectivity index is 4.44. The summed E-state index contributed by atoms with van der Waals surface area (Å²) in [5.41, 5.74) is 0. The number of esters is 2. The van der Waals surface area contributed by atoms with Crippen LogP contribution in [0.3, 0.4) is 0 Å². The van der Waals surface area contributed by atoms with Crippen LogP contribution >= 0.6 is 7.82 Å². The number of rotatable bonds is 37. The summed E-state index contributed by atoms with van der Waals surface area (Å²) in [6.45, 7) is 4.21. The molecule has 0 aromatic rings. The van der Waals surface area contributed by atoms with Crippen molar-refractivity contribution in [3.8, 4) is 0 Å². The second-order valence-corrected chi connectivity index (χ2v) is 15.3. The van der Waals surface area contributed by atoms with E-state index in [0.717, 1.165) is 38.5 Å². The Morgan fingerprint density at radius 1 is 0.596 bits per heavy atom. The van der Waals surface area contributed by atoms with E-state index < -0.39 is 26.5 Å². The summed E-state index contributed by atoms with van der Waals surface area (Å²) in [4.78, 5) is 36.9. The number of carbonyl (C=O) groups is 2. The molecule has 2 atom stereocenters. The molecule has 0 amide bonds. The third-order valence-corrected chi connectivity index (χ3v) is 9.37. The third-order valence-electron chi connectivity index (χ3n) is 8.39. The maximum Gasteiger partial charge on any atom is 0.472 e. The molecule has 0 aromatic carbocycles. The van der Waals surface area contributed by atoms with Gasteiger partial charge in [-0.15, -0.1) is 0 Å². The van der Waals surface area contributed by atoms with Gasteiger partial charge in [0.15, 0.2) is 6.10 Å². The van der Waals surface area contributed by atoms with Crippen LogP contribution in [0.2, 0.25) is 0 Å². The fourth-order valence-electron chi connectivity index (χ4n) is 5.21. The molecule has 0 heterocycles. The molecule has 0 saturated heterocycles. The van der Waals surface area contributed by atoms with Gasteiger partial charge in [0.05, 0.1) is 13.2 Å². The number of nitrogens with zero attached hydrogens (tertiary/aromatic N) is 1. The number of likely N-dealkylation sites (N-methyl/N-ethyl adjacent to an activating group) is 1. The highest BCUT2D eigenvalue weighted by atomic mass is 31.2. The number of hydrogen-bond acceptors (Lipinski definition) is 8. The quantitative estimate of drug-likeness (QED) is 0.0287. The van der Waals surface area contributed by atoms with Crippen molar-refractivity contribution >= 4 is 19.8 Å². The predicted octanol–water partition coefficient (Wildman–Crippen LogP) is 11.4. The Morgan fingerprint density at radius 3 is 1.60 bits per heavy atom. The molecule has 0 spiro atoms. The summed E-state index contributed by atoms with van der Waals surface area (Å²) >= 11 is 0. The van der Waals surface area contributed by atoms with Crippen LogP contribution in [-0.2, 0) is 32.7 Å². The lowest BCUT2D eigenvalue weighted by Crippen LogP contribution is -2.29. The summed E-state index contributed by atoms with van der Waals surface area (Å²) in [5, 5.41) is 0. The van der Waals surface area contributed by atoms with Gasteiger partial charge >= 0.3 is 19.8 Å². The lowest BCUT2D eigenvalue weighted by atomic mass is 10.0. The van der Waals surface area contributed by atoms with Crippen LogP contribution in [0.4, 0.5) is 0 Å². The van der Waals surface area contributed by atoms with Crippen molar-refractivity contribution in [2.75, 3.05) is 40.5 Å². The average molecular weight is 754 g/mol. The van der Waals surface area contributed by atoms with Gasteiger partial charge in [-0.05, 0) is 65.5 Å². The van der Waals surface area contributed by atoms with Crippen LogP contribution < -0.4 is 0 Å². The summed E-state index contributed by atoms with van der Waals surface area (Å²) in [7, 11) is -0.739. The van der Waals surface area contributed by atoms with Crippen LogP contribution in [0, 0.1) is 0 Å². The van der Waals surface area contributed by atoms with Crippen molar-refractivity contribution < 1.29 is 37.6 Å². The number of unbranched alkanes of at least 4 members (excludes halogenated alkanes) is 15. The lowest BCUT2D eigenvalue weighted by Gasteiger charge is -2.20. The maximum absolute atomic E-state index is 12.6. The lowest BCUT2D eigenvalue weighted by molar-refractivity contribution is -0.161. The molecule has 0 radical (unpaired) electrons. The van der Waals surface area contributed by atoms with Gasteiger partial charge in [-0.1, -0.05) is 146 Å². The van der Waals surface area contributed by atoms with E-state index in [1.165, 1.54) is 83.5 Å². The Hall–Kier alpha value is -2.03. The number of phosphoric acid groups is 1. The fourth-order valence-corrected chi connectivity index (χ4v) is 5.95. The normalized spacial score (nSPS) is 14.0. The SMILES string of the molecule is CCCCC/C=C\C/C=C\C/C=C\C/C=C\CCCC(=O)OC(COC(=O)CCCCCCCCCCCCCC)COP(=O)(O)OCCN(C)C. The van der Waals surface area contributed by atoms with Gasteiger partial charge in [-0.25, -0.2) is 4.57 Å². The molecule has 0 aliphatic rings. The Labute approximate surface area is 318 Å². The fraction of sp³-hybridized carbons (Fsp3) is 0.762. The number of allylic oxidation sites excluding steroid dienone is 8. The minimum atomic E-state index is -4.37. The molecule has 0 rings (SSSR count). The summed E-state index contributed by atoms with van der Waals surface area (Å²) in [6.07, 6.45) is 40.2. The average Bonchev–Trinajstić information content (AvgIpc) is 3.11.